The second-order valence-corrected chi connectivity index (χ2v) is 5.89. The van der Waals surface area contributed by atoms with Gasteiger partial charge in [-0.3, -0.25) is 4.79 Å². The molecule has 0 fully saturated rings. The molecule has 1 heterocycles. The van der Waals surface area contributed by atoms with E-state index in [4.69, 9.17) is 11.6 Å². The van der Waals surface area contributed by atoms with Crippen molar-refractivity contribution < 1.29 is 4.79 Å². The molecule has 2 rings (SSSR count). The summed E-state index contributed by atoms with van der Waals surface area (Å²) in [6.07, 6.45) is 4.25. The highest BCUT2D eigenvalue weighted by Gasteiger charge is 2.22. The van der Waals surface area contributed by atoms with Gasteiger partial charge in [0.1, 0.15) is 16.4 Å². The number of carbonyl (C=O) groups is 1. The highest BCUT2D eigenvalue weighted by Crippen LogP contribution is 2.37. The molecule has 1 atom stereocenters. The Kier molecular flexibility index (Phi) is 3.70. The van der Waals surface area contributed by atoms with E-state index in [9.17, 15) is 10.1 Å². The smallest absolute Gasteiger partial charge is 0.242 e. The van der Waals surface area contributed by atoms with Crippen molar-refractivity contribution >= 4 is 33.8 Å². The molecule has 0 spiro atoms. The number of amides is 1. The summed E-state index contributed by atoms with van der Waals surface area (Å²) in [5.41, 5.74) is 1.76. The fourth-order valence-electron chi connectivity index (χ4n) is 1.98. The number of thiophene rings is 1. The van der Waals surface area contributed by atoms with E-state index in [1.54, 1.807) is 6.92 Å². The molecule has 1 unspecified atom stereocenters. The van der Waals surface area contributed by atoms with Gasteiger partial charge in [-0.25, -0.2) is 0 Å². The number of hydrogen-bond acceptors (Lipinski definition) is 3. The van der Waals surface area contributed by atoms with E-state index in [0.717, 1.165) is 31.2 Å². The van der Waals surface area contributed by atoms with Crippen LogP contribution in [0, 0.1) is 11.3 Å². The summed E-state index contributed by atoms with van der Waals surface area (Å²) in [6.45, 7) is 1.62. The van der Waals surface area contributed by atoms with E-state index in [2.05, 4.69) is 11.4 Å². The van der Waals surface area contributed by atoms with Crippen molar-refractivity contribution in [1.82, 2.24) is 0 Å². The number of hydrogen-bond donors (Lipinski definition) is 1. The number of halogens is 1. The van der Waals surface area contributed by atoms with Gasteiger partial charge in [0.15, 0.2) is 0 Å². The van der Waals surface area contributed by atoms with Gasteiger partial charge in [0.25, 0.3) is 0 Å². The predicted octanol–water partition coefficient (Wildman–Crippen LogP) is 3.06. The first-order valence-electron chi connectivity index (χ1n) is 5.63. The average Bonchev–Trinajstić information content (AvgIpc) is 2.65. The SMILES string of the molecule is CC(Cl)C(=O)Nc1sc2c(c1C#N)CCCC2. The number of anilines is 1. The van der Waals surface area contributed by atoms with Gasteiger partial charge in [-0.1, -0.05) is 0 Å². The predicted molar refractivity (Wildman–Crippen MR) is 69.6 cm³/mol. The highest BCUT2D eigenvalue weighted by molar-refractivity contribution is 7.16. The van der Waals surface area contributed by atoms with Gasteiger partial charge in [-0.15, -0.1) is 22.9 Å². The zero-order chi connectivity index (χ0) is 12.4. The maximum Gasteiger partial charge on any atom is 0.242 e. The minimum atomic E-state index is -0.583. The van der Waals surface area contributed by atoms with E-state index in [-0.39, 0.29) is 5.91 Å². The molecule has 3 nitrogen and oxygen atoms in total. The van der Waals surface area contributed by atoms with Crippen LogP contribution in [0.2, 0.25) is 0 Å². The van der Waals surface area contributed by atoms with Gasteiger partial charge in [0, 0.05) is 4.88 Å². The molecule has 0 radical (unpaired) electrons. The third kappa shape index (κ3) is 2.46. The van der Waals surface area contributed by atoms with Crippen molar-refractivity contribution in [1.29, 1.82) is 5.26 Å². The van der Waals surface area contributed by atoms with Gasteiger partial charge in [-0.2, -0.15) is 5.26 Å². The number of rotatable bonds is 2. The summed E-state index contributed by atoms with van der Waals surface area (Å²) in [5, 5.41) is 12.0. The van der Waals surface area contributed by atoms with Crippen LogP contribution in [0.3, 0.4) is 0 Å². The lowest BCUT2D eigenvalue weighted by Crippen LogP contribution is -2.20. The standard InChI is InChI=1S/C12H13ClN2OS/c1-7(13)11(16)15-12-9(6-14)8-4-2-3-5-10(8)17-12/h7H,2-5H2,1H3,(H,15,16). The molecule has 1 aromatic rings. The van der Waals surface area contributed by atoms with Crippen LogP contribution in [0.1, 0.15) is 35.8 Å². The fourth-order valence-corrected chi connectivity index (χ4v) is 3.28. The van der Waals surface area contributed by atoms with Crippen LogP contribution in [0.25, 0.3) is 0 Å². The van der Waals surface area contributed by atoms with E-state index < -0.39 is 5.38 Å². The third-order valence-electron chi connectivity index (χ3n) is 2.88. The Morgan fingerprint density at radius 3 is 2.88 bits per heavy atom. The summed E-state index contributed by atoms with van der Waals surface area (Å²) in [6, 6.07) is 2.20. The van der Waals surface area contributed by atoms with Crippen molar-refractivity contribution in [3.05, 3.63) is 16.0 Å². The van der Waals surface area contributed by atoms with Crippen LogP contribution in [-0.4, -0.2) is 11.3 Å². The van der Waals surface area contributed by atoms with Gasteiger partial charge >= 0.3 is 0 Å². The largest absolute Gasteiger partial charge is 0.315 e. The number of nitrogens with one attached hydrogen (secondary N) is 1. The molecule has 17 heavy (non-hydrogen) atoms. The van der Waals surface area contributed by atoms with Crippen LogP contribution in [-0.2, 0) is 17.6 Å². The van der Waals surface area contributed by atoms with Crippen molar-refractivity contribution in [2.24, 2.45) is 0 Å². The van der Waals surface area contributed by atoms with E-state index in [1.165, 1.54) is 16.2 Å². The number of carbonyl (C=O) groups excluding carboxylic acids is 1. The minimum absolute atomic E-state index is 0.248. The molecular formula is C12H13ClN2OS. The molecule has 0 saturated heterocycles. The fraction of sp³-hybridized carbons (Fsp3) is 0.500. The first-order valence-corrected chi connectivity index (χ1v) is 6.88. The molecule has 1 N–H and O–H groups in total. The zero-order valence-electron chi connectivity index (χ0n) is 9.55. The minimum Gasteiger partial charge on any atom is -0.315 e. The van der Waals surface area contributed by atoms with E-state index >= 15 is 0 Å². The molecule has 1 aromatic heterocycles. The second kappa shape index (κ2) is 5.07. The van der Waals surface area contributed by atoms with Crippen molar-refractivity contribution in [3.8, 4) is 6.07 Å². The van der Waals surface area contributed by atoms with Gasteiger partial charge in [-0.05, 0) is 38.2 Å². The van der Waals surface area contributed by atoms with Crippen LogP contribution in [0.15, 0.2) is 0 Å². The Morgan fingerprint density at radius 1 is 1.53 bits per heavy atom. The average molecular weight is 269 g/mol. The van der Waals surface area contributed by atoms with Crippen molar-refractivity contribution in [3.63, 3.8) is 0 Å². The Hall–Kier alpha value is -1.05. The number of nitriles is 1. The second-order valence-electron chi connectivity index (χ2n) is 4.13. The monoisotopic (exact) mass is 268 g/mol. The molecule has 0 aromatic carbocycles. The molecule has 0 bridgehead atoms. The molecule has 0 saturated carbocycles. The highest BCUT2D eigenvalue weighted by atomic mass is 35.5. The van der Waals surface area contributed by atoms with Crippen molar-refractivity contribution in [2.45, 2.75) is 38.0 Å². The van der Waals surface area contributed by atoms with Crippen LogP contribution < -0.4 is 5.32 Å². The Bertz CT molecular complexity index is 487. The molecule has 1 aliphatic carbocycles. The third-order valence-corrected chi connectivity index (χ3v) is 4.29. The van der Waals surface area contributed by atoms with E-state index in [0.29, 0.717) is 10.6 Å². The first-order chi connectivity index (χ1) is 8.13. The summed E-state index contributed by atoms with van der Waals surface area (Å²) in [5.74, 6) is -0.248. The maximum absolute atomic E-state index is 11.5. The number of alkyl halides is 1. The topological polar surface area (TPSA) is 52.9 Å². The van der Waals surface area contributed by atoms with Gasteiger partial charge in [0.2, 0.25) is 5.91 Å². The zero-order valence-corrected chi connectivity index (χ0v) is 11.1. The maximum atomic E-state index is 11.5. The first kappa shape index (κ1) is 12.4. The Morgan fingerprint density at radius 2 is 2.24 bits per heavy atom. The van der Waals surface area contributed by atoms with E-state index in [1.807, 2.05) is 0 Å². The van der Waals surface area contributed by atoms with Gasteiger partial charge in [0.05, 0.1) is 5.56 Å². The normalized spacial score (nSPS) is 15.8. The number of aryl methyl sites for hydroxylation is 1. The quantitative estimate of drug-likeness (QED) is 0.838. The summed E-state index contributed by atoms with van der Waals surface area (Å²) in [7, 11) is 0. The Balaban J connectivity index is 2.32. The molecular weight excluding hydrogens is 256 g/mol. The van der Waals surface area contributed by atoms with Gasteiger partial charge < -0.3 is 5.32 Å². The molecule has 1 amide bonds. The molecule has 90 valence electrons. The van der Waals surface area contributed by atoms with Crippen LogP contribution >= 0.6 is 22.9 Å². The van der Waals surface area contributed by atoms with Crippen LogP contribution in [0.4, 0.5) is 5.00 Å². The molecule has 1 aliphatic rings. The summed E-state index contributed by atoms with van der Waals surface area (Å²) in [4.78, 5) is 12.8. The number of nitrogens with zero attached hydrogens (tertiary/aromatic N) is 1. The lowest BCUT2D eigenvalue weighted by atomic mass is 9.96. The molecule has 5 heteroatoms. The molecule has 0 aliphatic heterocycles. The summed E-state index contributed by atoms with van der Waals surface area (Å²) >= 11 is 7.23. The lowest BCUT2D eigenvalue weighted by Gasteiger charge is -2.09. The summed E-state index contributed by atoms with van der Waals surface area (Å²) < 4.78 is 0. The Labute approximate surface area is 109 Å². The number of fused-ring (bicyclic) bond motifs is 1. The lowest BCUT2D eigenvalue weighted by molar-refractivity contribution is -0.115. The van der Waals surface area contributed by atoms with Crippen LogP contribution in [0.5, 0.6) is 0 Å². The van der Waals surface area contributed by atoms with Crippen molar-refractivity contribution in [2.75, 3.05) is 5.32 Å².